The third-order valence-corrected chi connectivity index (χ3v) is 8.73. The summed E-state index contributed by atoms with van der Waals surface area (Å²) in [7, 11) is 3.97. The first kappa shape index (κ1) is 38.5. The van der Waals surface area contributed by atoms with Gasteiger partial charge in [-0.15, -0.1) is 0 Å². The van der Waals surface area contributed by atoms with Crippen LogP contribution in [-0.4, -0.2) is 34.3 Å². The van der Waals surface area contributed by atoms with Gasteiger partial charge in [0.2, 0.25) is 12.7 Å². The number of imidazole rings is 2. The standard InChI is InChI=1S/C37H66N4O4/c1-5-7-9-11-13-15-17-19-21-23-35(42)44-31-37(29-40-27-25-38(3)33-40,30-41-28-26-39(4)34-41)32-45-36(43)24-22-20-18-16-14-12-10-8-6-2/h25-28,33-34H,5-24,29-32H2,1-4H3/q+2. The second-order valence-electron chi connectivity index (χ2n) is 13.5. The number of esters is 2. The van der Waals surface area contributed by atoms with E-state index in [0.29, 0.717) is 25.9 Å². The number of rotatable bonds is 28. The van der Waals surface area contributed by atoms with Crippen LogP contribution in [-0.2, 0) is 46.2 Å². The molecule has 45 heavy (non-hydrogen) atoms. The Morgan fingerprint density at radius 1 is 0.556 bits per heavy atom. The quantitative estimate of drug-likeness (QED) is 0.0553. The third-order valence-electron chi connectivity index (χ3n) is 8.73. The molecule has 0 aliphatic carbocycles. The van der Waals surface area contributed by atoms with Crippen molar-refractivity contribution in [3.05, 3.63) is 37.4 Å². The molecule has 0 unspecified atom stereocenters. The molecule has 2 aromatic heterocycles. The van der Waals surface area contributed by atoms with E-state index in [9.17, 15) is 9.59 Å². The van der Waals surface area contributed by atoms with E-state index >= 15 is 0 Å². The second-order valence-corrected chi connectivity index (χ2v) is 13.5. The second kappa shape index (κ2) is 23.7. The van der Waals surface area contributed by atoms with Crippen LogP contribution in [0.4, 0.5) is 0 Å². The Labute approximate surface area is 274 Å². The van der Waals surface area contributed by atoms with Crippen molar-refractivity contribution in [2.75, 3.05) is 13.2 Å². The number of aryl methyl sites for hydroxylation is 2. The number of hydrogen-bond acceptors (Lipinski definition) is 4. The fourth-order valence-electron chi connectivity index (χ4n) is 6.01. The number of carbonyl (C=O) groups excluding carboxylic acids is 2. The van der Waals surface area contributed by atoms with Crippen molar-refractivity contribution in [2.24, 2.45) is 19.5 Å². The zero-order chi connectivity index (χ0) is 32.6. The summed E-state index contributed by atoms with van der Waals surface area (Å²) in [6, 6.07) is 0. The van der Waals surface area contributed by atoms with Crippen molar-refractivity contribution in [1.82, 2.24) is 9.13 Å². The number of carbonyl (C=O) groups is 2. The molecular weight excluding hydrogens is 564 g/mol. The number of ether oxygens (including phenoxy) is 2. The van der Waals surface area contributed by atoms with E-state index in [1.54, 1.807) is 0 Å². The van der Waals surface area contributed by atoms with Gasteiger partial charge in [0.1, 0.15) is 56.5 Å². The van der Waals surface area contributed by atoms with Gasteiger partial charge in [-0.1, -0.05) is 117 Å². The minimum Gasteiger partial charge on any atom is -0.465 e. The average molecular weight is 631 g/mol. The molecular formula is C37H66N4O4+2. The summed E-state index contributed by atoms with van der Waals surface area (Å²) in [5, 5.41) is 0. The summed E-state index contributed by atoms with van der Waals surface area (Å²) < 4.78 is 20.1. The van der Waals surface area contributed by atoms with Gasteiger partial charge in [0.15, 0.2) is 0 Å². The smallest absolute Gasteiger partial charge is 0.305 e. The summed E-state index contributed by atoms with van der Waals surface area (Å²) in [5.41, 5.74) is -0.611. The van der Waals surface area contributed by atoms with Crippen molar-refractivity contribution >= 4 is 11.9 Å². The van der Waals surface area contributed by atoms with Crippen LogP contribution in [0.2, 0.25) is 0 Å². The van der Waals surface area contributed by atoms with E-state index < -0.39 is 5.41 Å². The Kier molecular flexibility index (Phi) is 20.3. The SMILES string of the molecule is CCCCCCCCCCCC(=O)OCC(COC(=O)CCCCCCCCCCC)(Cn1cc[n+](C)c1)Cn1cc[n+](C)c1. The Hall–Kier alpha value is -2.64. The number of hydrogen-bond donors (Lipinski definition) is 0. The predicted octanol–water partition coefficient (Wildman–Crippen LogP) is 7.55. The van der Waals surface area contributed by atoms with Crippen LogP contribution in [0, 0.1) is 5.41 Å². The van der Waals surface area contributed by atoms with E-state index in [2.05, 4.69) is 23.0 Å². The first-order valence-corrected chi connectivity index (χ1v) is 18.2. The number of nitrogens with zero attached hydrogens (tertiary/aromatic N) is 4. The van der Waals surface area contributed by atoms with Gasteiger partial charge in [0.05, 0.1) is 14.1 Å². The summed E-state index contributed by atoms with van der Waals surface area (Å²) in [6.45, 7) is 6.00. The molecule has 8 nitrogen and oxygen atoms in total. The minimum atomic E-state index is -0.611. The van der Waals surface area contributed by atoms with Crippen LogP contribution in [0.25, 0.3) is 0 Å². The lowest BCUT2D eigenvalue weighted by atomic mass is 9.89. The molecule has 2 rings (SSSR count). The first-order chi connectivity index (χ1) is 21.9. The van der Waals surface area contributed by atoms with E-state index in [1.165, 1.54) is 89.9 Å². The molecule has 0 radical (unpaired) electrons. The summed E-state index contributed by atoms with van der Waals surface area (Å²) >= 11 is 0. The highest BCUT2D eigenvalue weighted by Gasteiger charge is 2.39. The monoisotopic (exact) mass is 631 g/mol. The maximum absolute atomic E-state index is 12.9. The average Bonchev–Trinajstić information content (AvgIpc) is 3.63. The summed E-state index contributed by atoms with van der Waals surface area (Å²) in [5.74, 6) is -0.334. The largest absolute Gasteiger partial charge is 0.465 e. The van der Waals surface area contributed by atoms with Crippen LogP contribution in [0.1, 0.15) is 142 Å². The molecule has 0 spiro atoms. The van der Waals surface area contributed by atoms with Crippen LogP contribution in [0.5, 0.6) is 0 Å². The van der Waals surface area contributed by atoms with Crippen molar-refractivity contribution in [3.8, 4) is 0 Å². The van der Waals surface area contributed by atoms with Gasteiger partial charge in [-0.25, -0.2) is 18.3 Å². The van der Waals surface area contributed by atoms with Crippen molar-refractivity contribution in [1.29, 1.82) is 0 Å². The van der Waals surface area contributed by atoms with Crippen molar-refractivity contribution in [2.45, 2.75) is 155 Å². The van der Waals surface area contributed by atoms with E-state index in [1.807, 2.05) is 60.7 Å². The molecule has 0 aromatic carbocycles. The van der Waals surface area contributed by atoms with Gasteiger partial charge in [-0.2, -0.15) is 0 Å². The molecule has 0 N–H and O–H groups in total. The Bertz CT molecular complexity index is 965. The van der Waals surface area contributed by atoms with E-state index in [4.69, 9.17) is 9.47 Å². The lowest BCUT2D eigenvalue weighted by molar-refractivity contribution is -0.671. The minimum absolute atomic E-state index is 0.167. The maximum Gasteiger partial charge on any atom is 0.305 e. The number of aromatic nitrogens is 4. The van der Waals surface area contributed by atoms with Crippen LogP contribution in [0.15, 0.2) is 37.4 Å². The zero-order valence-electron chi connectivity index (χ0n) is 29.4. The maximum atomic E-state index is 12.9. The van der Waals surface area contributed by atoms with Crippen LogP contribution >= 0.6 is 0 Å². The van der Waals surface area contributed by atoms with E-state index in [-0.39, 0.29) is 25.2 Å². The third kappa shape index (κ3) is 18.2. The number of unbranched alkanes of at least 4 members (excludes halogenated alkanes) is 16. The predicted molar refractivity (Wildman–Crippen MR) is 179 cm³/mol. The fourth-order valence-corrected chi connectivity index (χ4v) is 6.01. The summed E-state index contributed by atoms with van der Waals surface area (Å²) in [4.78, 5) is 25.8. The van der Waals surface area contributed by atoms with Crippen molar-refractivity contribution in [3.63, 3.8) is 0 Å². The van der Waals surface area contributed by atoms with Gasteiger partial charge >= 0.3 is 11.9 Å². The normalized spacial score (nSPS) is 11.6. The molecule has 0 saturated heterocycles. The highest BCUT2D eigenvalue weighted by Crippen LogP contribution is 2.26. The highest BCUT2D eigenvalue weighted by atomic mass is 16.5. The Morgan fingerprint density at radius 3 is 1.20 bits per heavy atom. The molecule has 0 saturated carbocycles. The van der Waals surface area contributed by atoms with Gasteiger partial charge < -0.3 is 9.47 Å². The molecule has 0 amide bonds. The van der Waals surface area contributed by atoms with Crippen LogP contribution in [0.3, 0.4) is 0 Å². The molecule has 0 aliphatic heterocycles. The molecule has 2 heterocycles. The molecule has 256 valence electrons. The molecule has 0 fully saturated rings. The highest BCUT2D eigenvalue weighted by molar-refractivity contribution is 5.69. The van der Waals surface area contributed by atoms with Gasteiger partial charge in [0, 0.05) is 12.8 Å². The lowest BCUT2D eigenvalue weighted by Crippen LogP contribution is -2.42. The van der Waals surface area contributed by atoms with Gasteiger partial charge in [-0.3, -0.25) is 9.59 Å². The topological polar surface area (TPSA) is 70.2 Å². The molecule has 8 heteroatoms. The Morgan fingerprint density at radius 2 is 0.889 bits per heavy atom. The van der Waals surface area contributed by atoms with Gasteiger partial charge in [-0.05, 0) is 12.8 Å². The molecule has 2 aromatic rings. The van der Waals surface area contributed by atoms with Gasteiger partial charge in [0.25, 0.3) is 0 Å². The fraction of sp³-hybridized carbons (Fsp3) is 0.784. The van der Waals surface area contributed by atoms with Crippen LogP contribution < -0.4 is 9.13 Å². The molecule has 0 aliphatic rings. The molecule has 0 bridgehead atoms. The van der Waals surface area contributed by atoms with Crippen molar-refractivity contribution < 1.29 is 28.2 Å². The summed E-state index contributed by atoms with van der Waals surface area (Å²) in [6.07, 6.45) is 34.7. The molecule has 0 atom stereocenters. The first-order valence-electron chi connectivity index (χ1n) is 18.2. The Balaban J connectivity index is 1.92. The van der Waals surface area contributed by atoms with E-state index in [0.717, 1.165) is 25.7 Å². The zero-order valence-corrected chi connectivity index (χ0v) is 29.4. The lowest BCUT2D eigenvalue weighted by Gasteiger charge is -2.29.